The number of thiophene rings is 1. The van der Waals surface area contributed by atoms with Gasteiger partial charge in [-0.25, -0.2) is 15.0 Å². The van der Waals surface area contributed by atoms with Crippen molar-refractivity contribution >= 4 is 235 Å². The first kappa shape index (κ1) is 40.8. The van der Waals surface area contributed by atoms with Crippen LogP contribution in [0.5, 0.6) is 0 Å². The van der Waals surface area contributed by atoms with Crippen LogP contribution in [0.3, 0.4) is 0 Å². The highest BCUT2D eigenvalue weighted by Crippen LogP contribution is 2.44. The quantitative estimate of drug-likeness (QED) is 0.166. The topological polar surface area (TPSA) is 43.6 Å². The van der Waals surface area contributed by atoms with E-state index in [1.807, 2.05) is 47.7 Å². The van der Waals surface area contributed by atoms with Gasteiger partial charge in [-0.05, 0) is 33.7 Å². The summed E-state index contributed by atoms with van der Waals surface area (Å²) >= 11 is 1.87. The molecule has 0 radical (unpaired) electrons. The molecular weight excluding hydrogens is 782 g/mol. The van der Waals surface area contributed by atoms with Crippen molar-refractivity contribution in [1.82, 2.24) is 19.5 Å². The molecule has 17 heteroatoms. The third-order valence-corrected chi connectivity index (χ3v) is 16.5. The number of benzene rings is 8. The summed E-state index contributed by atoms with van der Waals surface area (Å²) < 4.78 is 5.12. The third kappa shape index (κ3) is 5.62. The highest BCUT2D eigenvalue weighted by molar-refractivity contribution is 7.26. The van der Waals surface area contributed by atoms with Gasteiger partial charge < -0.3 is 4.57 Å². The first-order valence-electron chi connectivity index (χ1n) is 22.5. The van der Waals surface area contributed by atoms with Crippen LogP contribution in [0.25, 0.3) is 103 Å². The number of fused-ring (bicyclic) bond motifs is 10. The Bertz CT molecular complexity index is 3690. The fraction of sp³-hybridized carbons (Fsp3) is 0. The van der Waals surface area contributed by atoms with Crippen LogP contribution in [0.15, 0.2) is 97.1 Å². The minimum atomic E-state index is 0.662. The molecule has 8 aromatic carbocycles. The van der Waals surface area contributed by atoms with E-state index in [0.717, 1.165) is 16.7 Å². The Hall–Kier alpha value is -5.91. The van der Waals surface area contributed by atoms with Crippen molar-refractivity contribution in [2.24, 2.45) is 0 Å². The van der Waals surface area contributed by atoms with Crippen molar-refractivity contribution in [3.8, 4) is 39.9 Å². The molecule has 11 aromatic rings. The minimum Gasteiger partial charge on any atom is -0.309 e. The molecular formula is C47H40B12N4S. The molecule has 0 aliphatic carbocycles. The second kappa shape index (κ2) is 14.8. The summed E-state index contributed by atoms with van der Waals surface area (Å²) in [6.45, 7) is 0. The molecule has 3 heterocycles. The van der Waals surface area contributed by atoms with E-state index in [9.17, 15) is 0 Å². The predicted octanol–water partition coefficient (Wildman–Crippen LogP) is -8.26. The van der Waals surface area contributed by atoms with Crippen molar-refractivity contribution in [3.63, 3.8) is 0 Å². The summed E-state index contributed by atoms with van der Waals surface area (Å²) in [6.07, 6.45) is 0. The lowest BCUT2D eigenvalue weighted by molar-refractivity contribution is 1.08. The Balaban J connectivity index is 1.31. The highest BCUT2D eigenvalue weighted by Gasteiger charge is 2.28. The maximum atomic E-state index is 5.22. The summed E-state index contributed by atoms with van der Waals surface area (Å²) in [5.41, 5.74) is 23.2. The van der Waals surface area contributed by atoms with Gasteiger partial charge in [-0.1, -0.05) is 129 Å². The van der Waals surface area contributed by atoms with Gasteiger partial charge in [-0.2, -0.15) is 0 Å². The fourth-order valence-corrected chi connectivity index (χ4v) is 12.3. The molecule has 0 aliphatic rings. The molecule has 0 unspecified atom stereocenters. The molecule has 0 amide bonds. The molecule has 64 heavy (non-hydrogen) atoms. The lowest BCUT2D eigenvalue weighted by atomic mass is 9.60. The molecule has 0 saturated carbocycles. The van der Waals surface area contributed by atoms with E-state index in [4.69, 9.17) is 15.0 Å². The van der Waals surface area contributed by atoms with Crippen molar-refractivity contribution < 1.29 is 0 Å². The van der Waals surface area contributed by atoms with Crippen molar-refractivity contribution in [2.45, 2.75) is 0 Å². The van der Waals surface area contributed by atoms with Gasteiger partial charge in [0.15, 0.2) is 17.5 Å². The molecule has 4 nitrogen and oxygen atoms in total. The molecule has 11 rings (SSSR count). The van der Waals surface area contributed by atoms with Crippen LogP contribution in [0, 0.1) is 0 Å². The standard InChI is InChI=1S/C47H40B12N4S/c48-30-24-26-27-25-29(33(51)39(57)37(55)31(25)49)35(53)41(59)43(27)63(42(26)40(58)34(52)28(24)32(50)38(56)36(30)54)21-15-7-13-19-23-20(14-8-16-22(23)64-44(19)21)47-61-45(17-9-3-1-4-10-17)60-46(62-47)18-11-5-2-6-12-18/h1-16H,48-59H2. The van der Waals surface area contributed by atoms with Crippen LogP contribution in [0.2, 0.25) is 0 Å². The van der Waals surface area contributed by atoms with Crippen LogP contribution in [-0.2, 0) is 0 Å². The third-order valence-electron chi connectivity index (χ3n) is 15.3. The molecule has 0 fully saturated rings. The molecule has 0 bridgehead atoms. The van der Waals surface area contributed by atoms with Crippen LogP contribution in [0.4, 0.5) is 0 Å². The molecule has 290 valence electrons. The van der Waals surface area contributed by atoms with E-state index >= 15 is 0 Å². The van der Waals surface area contributed by atoms with E-state index in [-0.39, 0.29) is 0 Å². The average Bonchev–Trinajstić information content (AvgIpc) is 3.88. The monoisotopic (exact) mass is 824 g/mol. The summed E-state index contributed by atoms with van der Waals surface area (Å²) in [7, 11) is 28.1. The van der Waals surface area contributed by atoms with Crippen LogP contribution >= 0.6 is 11.3 Å². The SMILES string of the molecule is Bc1c(B)c(B)c2c(c1B)c(B)c(B)c1c2c2c3c(B)c(B)c(B)c(B)c3c(B)c(B)c2n1-c1cccc2c1sc1cccc(-c3nc(-c4ccccc4)nc(-c4ccccc4)n3)c12. The first-order chi connectivity index (χ1) is 30.8. The smallest absolute Gasteiger partial charge is 0.164 e. The van der Waals surface area contributed by atoms with Gasteiger partial charge in [0.2, 0.25) is 0 Å². The zero-order valence-corrected chi connectivity index (χ0v) is 39.8. The second-order valence-electron chi connectivity index (χ2n) is 18.3. The lowest BCUT2D eigenvalue weighted by Crippen LogP contribution is -2.50. The van der Waals surface area contributed by atoms with Crippen molar-refractivity contribution in [2.75, 3.05) is 0 Å². The van der Waals surface area contributed by atoms with Gasteiger partial charge in [0, 0.05) is 54.0 Å². The summed E-state index contributed by atoms with van der Waals surface area (Å²) in [5, 5.41) is 10.7. The maximum Gasteiger partial charge on any atom is 0.164 e. The first-order valence-corrected chi connectivity index (χ1v) is 23.3. The Labute approximate surface area is 388 Å². The second-order valence-corrected chi connectivity index (χ2v) is 19.3. The number of hydrogen-bond donors (Lipinski definition) is 0. The van der Waals surface area contributed by atoms with Crippen LogP contribution < -0.4 is 65.6 Å². The number of hydrogen-bond acceptors (Lipinski definition) is 4. The van der Waals surface area contributed by atoms with E-state index in [1.165, 1.54) is 135 Å². The summed E-state index contributed by atoms with van der Waals surface area (Å²) in [6, 6.07) is 34.0. The minimum absolute atomic E-state index is 0.662. The fourth-order valence-electron chi connectivity index (χ4n) is 11.1. The molecule has 0 spiro atoms. The zero-order valence-electron chi connectivity index (χ0n) is 38.9. The Morgan fingerprint density at radius 3 is 1.25 bits per heavy atom. The van der Waals surface area contributed by atoms with E-state index < -0.39 is 0 Å². The summed E-state index contributed by atoms with van der Waals surface area (Å²) in [4.78, 5) is 15.5. The number of rotatable bonds is 4. The predicted molar refractivity (Wildman–Crippen MR) is 317 cm³/mol. The Morgan fingerprint density at radius 2 is 0.766 bits per heavy atom. The molecule has 3 aromatic heterocycles. The highest BCUT2D eigenvalue weighted by atomic mass is 32.1. The Morgan fingerprint density at radius 1 is 0.344 bits per heavy atom. The molecule has 0 N–H and O–H groups in total. The van der Waals surface area contributed by atoms with Gasteiger partial charge in [-0.3, -0.25) is 0 Å². The maximum absolute atomic E-state index is 5.22. The molecule has 0 saturated heterocycles. The van der Waals surface area contributed by atoms with Gasteiger partial charge >= 0.3 is 0 Å². The van der Waals surface area contributed by atoms with E-state index in [1.54, 1.807) is 0 Å². The number of aromatic nitrogens is 4. The largest absolute Gasteiger partial charge is 0.309 e. The summed E-state index contributed by atoms with van der Waals surface area (Å²) in [5.74, 6) is 1.99. The van der Waals surface area contributed by atoms with E-state index in [2.05, 4.69) is 159 Å². The Kier molecular flexibility index (Phi) is 9.46. The van der Waals surface area contributed by atoms with Crippen molar-refractivity contribution in [1.29, 1.82) is 0 Å². The van der Waals surface area contributed by atoms with E-state index in [0.29, 0.717) is 17.5 Å². The number of nitrogens with zero attached hydrogens (tertiary/aromatic N) is 4. The normalized spacial score (nSPS) is 11.9. The average molecular weight is 823 g/mol. The lowest BCUT2D eigenvalue weighted by Gasteiger charge is -2.22. The van der Waals surface area contributed by atoms with Crippen LogP contribution in [-0.4, -0.2) is 114 Å². The molecule has 0 atom stereocenters. The van der Waals surface area contributed by atoms with Gasteiger partial charge in [0.1, 0.15) is 94.2 Å². The van der Waals surface area contributed by atoms with Gasteiger partial charge in [0.05, 0.1) is 10.4 Å². The zero-order chi connectivity index (χ0) is 44.6. The van der Waals surface area contributed by atoms with Gasteiger partial charge in [0.25, 0.3) is 0 Å². The van der Waals surface area contributed by atoms with Crippen LogP contribution in [0.1, 0.15) is 0 Å². The van der Waals surface area contributed by atoms with Crippen molar-refractivity contribution in [3.05, 3.63) is 97.1 Å². The van der Waals surface area contributed by atoms with Gasteiger partial charge in [-0.15, -0.1) is 33.2 Å². The molecule has 0 aliphatic heterocycles.